The van der Waals surface area contributed by atoms with E-state index in [0.717, 1.165) is 5.56 Å². The zero-order valence-corrected chi connectivity index (χ0v) is 12.2. The van der Waals surface area contributed by atoms with E-state index in [1.54, 1.807) is 7.05 Å². The van der Waals surface area contributed by atoms with Crippen LogP contribution < -0.4 is 10.6 Å². The van der Waals surface area contributed by atoms with Gasteiger partial charge in [0.1, 0.15) is 0 Å². The lowest BCUT2D eigenvalue weighted by molar-refractivity contribution is -0.122. The fourth-order valence-corrected chi connectivity index (χ4v) is 2.32. The minimum atomic E-state index is -3.95. The molecule has 112 valence electrons. The van der Waals surface area contributed by atoms with Crippen molar-refractivity contribution in [3.8, 4) is 0 Å². The SMILES string of the molecule is CNC(=O)[C@@H](Cc1ccccc1)NCCCS(=O)(=O)O. The molecule has 20 heavy (non-hydrogen) atoms. The Labute approximate surface area is 119 Å². The van der Waals surface area contributed by atoms with Gasteiger partial charge in [0.2, 0.25) is 5.91 Å². The molecular formula is C13H20N2O4S. The summed E-state index contributed by atoms with van der Waals surface area (Å²) in [6.45, 7) is 0.338. The van der Waals surface area contributed by atoms with Crippen molar-refractivity contribution in [2.45, 2.75) is 18.9 Å². The molecule has 3 N–H and O–H groups in total. The molecule has 0 heterocycles. The van der Waals surface area contributed by atoms with Crippen molar-refractivity contribution >= 4 is 16.0 Å². The first kappa shape index (κ1) is 16.6. The highest BCUT2D eigenvalue weighted by Crippen LogP contribution is 2.03. The van der Waals surface area contributed by atoms with Crippen LogP contribution in [0.2, 0.25) is 0 Å². The Bertz CT molecular complexity index is 516. The molecule has 0 aliphatic rings. The fourth-order valence-electron chi connectivity index (χ4n) is 1.81. The zero-order valence-electron chi connectivity index (χ0n) is 11.4. The quantitative estimate of drug-likeness (QED) is 0.471. The number of rotatable bonds is 8. The molecule has 0 aliphatic heterocycles. The highest BCUT2D eigenvalue weighted by atomic mass is 32.2. The Morgan fingerprint density at radius 2 is 1.95 bits per heavy atom. The molecule has 0 bridgehead atoms. The normalized spacial score (nSPS) is 12.9. The Hall–Kier alpha value is -1.44. The van der Waals surface area contributed by atoms with E-state index in [1.165, 1.54) is 0 Å². The van der Waals surface area contributed by atoms with E-state index in [-0.39, 0.29) is 18.1 Å². The average Bonchev–Trinajstić information content (AvgIpc) is 2.41. The van der Waals surface area contributed by atoms with Gasteiger partial charge in [-0.25, -0.2) is 0 Å². The third-order valence-electron chi connectivity index (χ3n) is 2.82. The van der Waals surface area contributed by atoms with Crippen molar-refractivity contribution in [3.63, 3.8) is 0 Å². The zero-order chi connectivity index (χ0) is 15.0. The van der Waals surface area contributed by atoms with E-state index in [0.29, 0.717) is 13.0 Å². The molecule has 0 aromatic heterocycles. The third-order valence-corrected chi connectivity index (χ3v) is 3.62. The van der Waals surface area contributed by atoms with Crippen LogP contribution in [0.15, 0.2) is 30.3 Å². The number of hydrogen-bond acceptors (Lipinski definition) is 4. The van der Waals surface area contributed by atoms with Gasteiger partial charge in [0.25, 0.3) is 10.1 Å². The van der Waals surface area contributed by atoms with Gasteiger partial charge in [0.05, 0.1) is 11.8 Å². The molecule has 7 heteroatoms. The van der Waals surface area contributed by atoms with Crippen molar-refractivity contribution in [1.29, 1.82) is 0 Å². The Balaban J connectivity index is 2.51. The Kier molecular flexibility index (Phi) is 6.63. The maximum Gasteiger partial charge on any atom is 0.264 e. The lowest BCUT2D eigenvalue weighted by atomic mass is 10.1. The molecule has 0 saturated heterocycles. The smallest absolute Gasteiger partial charge is 0.264 e. The number of carbonyl (C=O) groups is 1. The molecule has 0 spiro atoms. The number of nitrogens with one attached hydrogen (secondary N) is 2. The van der Waals surface area contributed by atoms with E-state index in [9.17, 15) is 13.2 Å². The van der Waals surface area contributed by atoms with Crippen LogP contribution in [-0.2, 0) is 21.3 Å². The number of carbonyl (C=O) groups excluding carboxylic acids is 1. The molecule has 0 fully saturated rings. The van der Waals surface area contributed by atoms with Crippen LogP contribution in [0.3, 0.4) is 0 Å². The second-order valence-electron chi connectivity index (χ2n) is 4.45. The maximum absolute atomic E-state index is 11.8. The fraction of sp³-hybridized carbons (Fsp3) is 0.462. The lowest BCUT2D eigenvalue weighted by Gasteiger charge is -2.17. The molecule has 1 aromatic rings. The number of likely N-dealkylation sites (N-methyl/N-ethyl adjacent to an activating group) is 1. The summed E-state index contributed by atoms with van der Waals surface area (Å²) in [6, 6.07) is 9.12. The molecule has 0 saturated carbocycles. The van der Waals surface area contributed by atoms with Crippen LogP contribution >= 0.6 is 0 Å². The van der Waals surface area contributed by atoms with Gasteiger partial charge in [-0.2, -0.15) is 8.42 Å². The molecular weight excluding hydrogens is 280 g/mol. The van der Waals surface area contributed by atoms with Crippen molar-refractivity contribution in [2.75, 3.05) is 19.3 Å². The molecule has 1 rings (SSSR count). The molecule has 0 radical (unpaired) electrons. The lowest BCUT2D eigenvalue weighted by Crippen LogP contribution is -2.45. The van der Waals surface area contributed by atoms with Gasteiger partial charge in [-0.1, -0.05) is 30.3 Å². The number of benzene rings is 1. The monoisotopic (exact) mass is 300 g/mol. The summed E-state index contributed by atoms with van der Waals surface area (Å²) in [5.74, 6) is -0.466. The summed E-state index contributed by atoms with van der Waals surface area (Å²) >= 11 is 0. The third kappa shape index (κ3) is 6.65. The van der Waals surface area contributed by atoms with E-state index >= 15 is 0 Å². The Morgan fingerprint density at radius 1 is 1.30 bits per heavy atom. The summed E-state index contributed by atoms with van der Waals surface area (Å²) in [7, 11) is -2.39. The highest BCUT2D eigenvalue weighted by Gasteiger charge is 2.17. The first-order valence-electron chi connectivity index (χ1n) is 6.36. The van der Waals surface area contributed by atoms with E-state index in [2.05, 4.69) is 10.6 Å². The van der Waals surface area contributed by atoms with Gasteiger partial charge in [-0.15, -0.1) is 0 Å². The summed E-state index contributed by atoms with van der Waals surface area (Å²) in [5, 5.41) is 5.58. The van der Waals surface area contributed by atoms with Crippen LogP contribution in [0.5, 0.6) is 0 Å². The molecule has 1 atom stereocenters. The van der Waals surface area contributed by atoms with Gasteiger partial charge < -0.3 is 10.6 Å². The first-order valence-corrected chi connectivity index (χ1v) is 7.97. The van der Waals surface area contributed by atoms with Crippen molar-refractivity contribution in [2.24, 2.45) is 0 Å². The van der Waals surface area contributed by atoms with E-state index in [1.807, 2.05) is 30.3 Å². The van der Waals surface area contributed by atoms with Crippen LogP contribution in [0.25, 0.3) is 0 Å². The standard InChI is InChI=1S/C13H20N2O4S/c1-14-13(16)12(10-11-6-3-2-4-7-11)15-8-5-9-20(17,18)19/h2-4,6-7,12,15H,5,8-10H2,1H3,(H,14,16)(H,17,18,19)/t12-/m1/s1. The predicted molar refractivity (Wildman–Crippen MR) is 77.0 cm³/mol. The van der Waals surface area contributed by atoms with Crippen molar-refractivity contribution in [1.82, 2.24) is 10.6 Å². The molecule has 1 amide bonds. The van der Waals surface area contributed by atoms with Crippen molar-refractivity contribution < 1.29 is 17.8 Å². The topological polar surface area (TPSA) is 95.5 Å². The van der Waals surface area contributed by atoms with E-state index < -0.39 is 16.2 Å². The van der Waals surface area contributed by atoms with Crippen LogP contribution in [0, 0.1) is 0 Å². The summed E-state index contributed by atoms with van der Waals surface area (Å²) in [6.07, 6.45) is 0.771. The molecule has 0 unspecified atom stereocenters. The average molecular weight is 300 g/mol. The number of hydrogen-bond donors (Lipinski definition) is 3. The van der Waals surface area contributed by atoms with Crippen LogP contribution in [-0.4, -0.2) is 44.3 Å². The summed E-state index contributed by atoms with van der Waals surface area (Å²) in [4.78, 5) is 11.8. The van der Waals surface area contributed by atoms with Crippen LogP contribution in [0.4, 0.5) is 0 Å². The summed E-state index contributed by atoms with van der Waals surface area (Å²) in [5.41, 5.74) is 1.02. The molecule has 1 aromatic carbocycles. The van der Waals surface area contributed by atoms with Gasteiger partial charge in [-0.3, -0.25) is 9.35 Å². The van der Waals surface area contributed by atoms with Gasteiger partial charge in [-0.05, 0) is 24.9 Å². The second-order valence-corrected chi connectivity index (χ2v) is 6.02. The van der Waals surface area contributed by atoms with Gasteiger partial charge in [0.15, 0.2) is 0 Å². The molecule has 6 nitrogen and oxygen atoms in total. The second kappa shape index (κ2) is 7.98. The largest absolute Gasteiger partial charge is 0.358 e. The van der Waals surface area contributed by atoms with Crippen molar-refractivity contribution in [3.05, 3.63) is 35.9 Å². The molecule has 0 aliphatic carbocycles. The predicted octanol–water partition coefficient (Wildman–Crippen LogP) is 0.211. The van der Waals surface area contributed by atoms with E-state index in [4.69, 9.17) is 4.55 Å². The minimum absolute atomic E-state index is 0.152. The van der Waals surface area contributed by atoms with Crippen LogP contribution in [0.1, 0.15) is 12.0 Å². The maximum atomic E-state index is 11.8. The minimum Gasteiger partial charge on any atom is -0.358 e. The Morgan fingerprint density at radius 3 is 2.50 bits per heavy atom. The first-order chi connectivity index (χ1) is 9.42. The summed E-state index contributed by atoms with van der Waals surface area (Å²) < 4.78 is 29.8. The van der Waals surface area contributed by atoms with Gasteiger partial charge in [0, 0.05) is 7.05 Å². The number of amides is 1. The highest BCUT2D eigenvalue weighted by molar-refractivity contribution is 7.85. The van der Waals surface area contributed by atoms with Gasteiger partial charge >= 0.3 is 0 Å².